The highest BCUT2D eigenvalue weighted by atomic mass is 35.5. The zero-order valence-corrected chi connectivity index (χ0v) is 8.62. The van der Waals surface area contributed by atoms with Crippen molar-refractivity contribution in [3.63, 3.8) is 0 Å². The Balaban J connectivity index is 2.74. The van der Waals surface area contributed by atoms with Crippen LogP contribution in [0.5, 0.6) is 0 Å². The minimum Gasteiger partial charge on any atom is -0.234 e. The lowest BCUT2D eigenvalue weighted by Crippen LogP contribution is -2.06. The zero-order chi connectivity index (χ0) is 9.03. The molecule has 0 unspecified atom stereocenters. The van der Waals surface area contributed by atoms with Gasteiger partial charge in [-0.3, -0.25) is 0 Å². The summed E-state index contributed by atoms with van der Waals surface area (Å²) >= 11 is 6.53. The molecule has 1 heterocycles. The van der Waals surface area contributed by atoms with E-state index in [4.69, 9.17) is 11.6 Å². The molecule has 6 heteroatoms. The minimum atomic E-state index is -3.16. The first-order chi connectivity index (χ1) is 5.67. The van der Waals surface area contributed by atoms with Gasteiger partial charge >= 0.3 is 0 Å². The fraction of sp³-hybridized carbons (Fsp3) is 0.500. The first-order valence-electron chi connectivity index (χ1n) is 3.35. The summed E-state index contributed by atoms with van der Waals surface area (Å²) in [5.41, 5.74) is 0. The Bertz CT molecular complexity index is 319. The van der Waals surface area contributed by atoms with Gasteiger partial charge in [-0.25, -0.2) is 13.4 Å². The van der Waals surface area contributed by atoms with Crippen LogP contribution in [-0.4, -0.2) is 25.0 Å². The van der Waals surface area contributed by atoms with E-state index < -0.39 is 9.84 Å². The molecule has 0 N–H and O–H groups in total. The van der Waals surface area contributed by atoms with Gasteiger partial charge in [0.25, 0.3) is 0 Å². The van der Waals surface area contributed by atoms with Gasteiger partial charge in [-0.15, -0.1) is 22.9 Å². The van der Waals surface area contributed by atoms with E-state index in [9.17, 15) is 8.42 Å². The summed E-state index contributed by atoms with van der Waals surface area (Å²) in [4.78, 5) is 3.73. The van der Waals surface area contributed by atoms with Crippen molar-refractivity contribution in [3.8, 4) is 0 Å². The highest BCUT2D eigenvalue weighted by Gasteiger charge is 2.15. The van der Waals surface area contributed by atoms with Crippen LogP contribution in [0.1, 0.15) is 6.42 Å². The Hall–Kier alpha value is -0.130. The van der Waals surface area contributed by atoms with Crippen LogP contribution in [0.25, 0.3) is 0 Å². The number of sulfone groups is 1. The van der Waals surface area contributed by atoms with Gasteiger partial charge in [0.05, 0.1) is 5.75 Å². The van der Waals surface area contributed by atoms with Crippen LogP contribution in [0.2, 0.25) is 0 Å². The lowest BCUT2D eigenvalue weighted by Gasteiger charge is -1.96. The maximum absolute atomic E-state index is 11.3. The lowest BCUT2D eigenvalue weighted by atomic mass is 10.6. The molecule has 0 bridgehead atoms. The monoisotopic (exact) mass is 225 g/mol. The van der Waals surface area contributed by atoms with Crippen LogP contribution in [-0.2, 0) is 9.84 Å². The third-order valence-corrected chi connectivity index (χ3v) is 4.57. The topological polar surface area (TPSA) is 47.0 Å². The molecule has 0 aliphatic carbocycles. The Labute approximate surface area is 80.3 Å². The molecule has 0 atom stereocenters. The predicted octanol–water partition coefficient (Wildman–Crippen LogP) is 1.55. The smallest absolute Gasteiger partial charge is 0.209 e. The number of nitrogens with zero attached hydrogens (tertiary/aromatic N) is 1. The van der Waals surface area contributed by atoms with E-state index in [0.717, 1.165) is 11.3 Å². The Morgan fingerprint density at radius 1 is 1.58 bits per heavy atom. The number of alkyl halides is 1. The van der Waals surface area contributed by atoms with Gasteiger partial charge in [0, 0.05) is 17.5 Å². The lowest BCUT2D eigenvalue weighted by molar-refractivity contribution is 0.594. The molecule has 1 rings (SSSR count). The van der Waals surface area contributed by atoms with Crippen molar-refractivity contribution in [2.45, 2.75) is 10.8 Å². The largest absolute Gasteiger partial charge is 0.234 e. The first-order valence-corrected chi connectivity index (χ1v) is 6.41. The number of rotatable bonds is 4. The van der Waals surface area contributed by atoms with E-state index in [-0.39, 0.29) is 10.1 Å². The van der Waals surface area contributed by atoms with E-state index >= 15 is 0 Å². The van der Waals surface area contributed by atoms with Crippen molar-refractivity contribution in [2.75, 3.05) is 11.6 Å². The second-order valence-electron chi connectivity index (χ2n) is 2.16. The average Bonchev–Trinajstić information content (AvgIpc) is 2.53. The van der Waals surface area contributed by atoms with Gasteiger partial charge in [0.15, 0.2) is 0 Å². The summed E-state index contributed by atoms with van der Waals surface area (Å²) in [6, 6.07) is 0. The summed E-state index contributed by atoms with van der Waals surface area (Å²) in [6.07, 6.45) is 1.96. The van der Waals surface area contributed by atoms with Crippen molar-refractivity contribution in [3.05, 3.63) is 11.6 Å². The van der Waals surface area contributed by atoms with Crippen molar-refractivity contribution in [1.29, 1.82) is 0 Å². The van der Waals surface area contributed by atoms with Crippen LogP contribution in [0.3, 0.4) is 0 Å². The van der Waals surface area contributed by atoms with Crippen molar-refractivity contribution >= 4 is 32.8 Å². The van der Waals surface area contributed by atoms with Gasteiger partial charge in [0.2, 0.25) is 14.2 Å². The molecule has 0 aliphatic rings. The summed E-state index contributed by atoms with van der Waals surface area (Å²) in [6.45, 7) is 0. The highest BCUT2D eigenvalue weighted by Crippen LogP contribution is 2.14. The number of hydrogen-bond donors (Lipinski definition) is 0. The highest BCUT2D eigenvalue weighted by molar-refractivity contribution is 7.93. The fourth-order valence-corrected chi connectivity index (χ4v) is 3.27. The molecule has 0 amide bonds. The number of thiazole rings is 1. The van der Waals surface area contributed by atoms with Crippen LogP contribution in [0.15, 0.2) is 15.9 Å². The maximum atomic E-state index is 11.3. The molecule has 0 radical (unpaired) electrons. The number of halogens is 1. The zero-order valence-electron chi connectivity index (χ0n) is 6.23. The standard InChI is InChI=1S/C6H8ClNO2S2/c7-2-1-5-12(9,10)6-8-3-4-11-6/h3-4H,1-2,5H2. The van der Waals surface area contributed by atoms with Crippen molar-refractivity contribution in [2.24, 2.45) is 0 Å². The van der Waals surface area contributed by atoms with Crippen molar-refractivity contribution < 1.29 is 8.42 Å². The summed E-state index contributed by atoms with van der Waals surface area (Å²) in [7, 11) is -3.16. The van der Waals surface area contributed by atoms with E-state index in [0.29, 0.717) is 12.3 Å². The Morgan fingerprint density at radius 2 is 2.33 bits per heavy atom. The molecular formula is C6H8ClNO2S2. The third kappa shape index (κ3) is 2.43. The molecule has 0 aliphatic heterocycles. The molecule has 3 nitrogen and oxygen atoms in total. The fourth-order valence-electron chi connectivity index (χ4n) is 0.696. The van der Waals surface area contributed by atoms with E-state index in [1.165, 1.54) is 6.20 Å². The van der Waals surface area contributed by atoms with Crippen LogP contribution >= 0.6 is 22.9 Å². The molecule has 0 aromatic carbocycles. The summed E-state index contributed by atoms with van der Waals surface area (Å²) in [5, 5.41) is 1.65. The first kappa shape index (κ1) is 9.95. The van der Waals surface area contributed by atoms with Gasteiger partial charge in [-0.2, -0.15) is 0 Å². The Morgan fingerprint density at radius 3 is 2.83 bits per heavy atom. The van der Waals surface area contributed by atoms with Gasteiger partial charge < -0.3 is 0 Å². The second kappa shape index (κ2) is 4.20. The van der Waals surface area contributed by atoms with Crippen LogP contribution in [0.4, 0.5) is 0 Å². The molecule has 1 aromatic heterocycles. The predicted molar refractivity (Wildman–Crippen MR) is 49.5 cm³/mol. The van der Waals surface area contributed by atoms with Crippen LogP contribution < -0.4 is 0 Å². The van der Waals surface area contributed by atoms with Gasteiger partial charge in [-0.05, 0) is 6.42 Å². The van der Waals surface area contributed by atoms with Crippen LogP contribution in [0, 0.1) is 0 Å². The normalized spacial score (nSPS) is 11.8. The SMILES string of the molecule is O=S(=O)(CCCCl)c1nccs1. The quantitative estimate of drug-likeness (QED) is 0.731. The van der Waals surface area contributed by atoms with E-state index in [1.54, 1.807) is 5.38 Å². The van der Waals surface area contributed by atoms with Gasteiger partial charge in [-0.1, -0.05) is 0 Å². The third-order valence-electron chi connectivity index (χ3n) is 1.22. The molecule has 68 valence electrons. The average molecular weight is 226 g/mol. The summed E-state index contributed by atoms with van der Waals surface area (Å²) in [5.74, 6) is 0.453. The molecule has 0 saturated heterocycles. The van der Waals surface area contributed by atoms with Crippen molar-refractivity contribution in [1.82, 2.24) is 4.98 Å². The molecule has 12 heavy (non-hydrogen) atoms. The minimum absolute atomic E-state index is 0.0873. The van der Waals surface area contributed by atoms with E-state index in [2.05, 4.69) is 4.98 Å². The van der Waals surface area contributed by atoms with Gasteiger partial charge in [0.1, 0.15) is 0 Å². The molecule has 1 aromatic rings. The Kier molecular flexibility index (Phi) is 3.49. The van der Waals surface area contributed by atoms with E-state index in [1.807, 2.05) is 0 Å². The molecule has 0 saturated carbocycles. The molecule has 0 fully saturated rings. The maximum Gasteiger partial charge on any atom is 0.209 e. The molecular weight excluding hydrogens is 218 g/mol. The summed E-state index contributed by atoms with van der Waals surface area (Å²) < 4.78 is 22.9. The second-order valence-corrected chi connectivity index (χ2v) is 5.71. The number of hydrogen-bond acceptors (Lipinski definition) is 4. The number of aromatic nitrogens is 1. The molecule has 0 spiro atoms.